The average molecular weight is 947 g/mol. The monoisotopic (exact) mass is 944 g/mol. The number of aryl methyl sites for hydroxylation is 2. The molecule has 0 saturated heterocycles. The first-order valence-electron chi connectivity index (χ1n) is 20.0. The van der Waals surface area contributed by atoms with Crippen LogP contribution in [0.4, 0.5) is 26.3 Å². The molecule has 0 radical (unpaired) electrons. The van der Waals surface area contributed by atoms with E-state index >= 15 is 0 Å². The maximum absolute atomic E-state index is 12.5. The summed E-state index contributed by atoms with van der Waals surface area (Å²) in [5.41, 5.74) is 7.42. The second-order valence-electron chi connectivity index (χ2n) is 18.6. The van der Waals surface area contributed by atoms with Crippen molar-refractivity contribution in [3.8, 4) is 0 Å². The molecule has 0 N–H and O–H groups in total. The Morgan fingerprint density at radius 1 is 0.617 bits per heavy atom. The van der Waals surface area contributed by atoms with Crippen molar-refractivity contribution in [1.29, 1.82) is 0 Å². The molecule has 0 aliphatic heterocycles. The van der Waals surface area contributed by atoms with Gasteiger partial charge in [-0.25, -0.2) is 6.08 Å². The largest absolute Gasteiger partial charge is 1.00 e. The molecule has 0 spiro atoms. The van der Waals surface area contributed by atoms with Crippen molar-refractivity contribution in [2.45, 2.75) is 126 Å². The molecule has 1 atom stereocenters. The summed E-state index contributed by atoms with van der Waals surface area (Å²) in [5, 5.41) is 5.55. The first-order valence-corrected chi connectivity index (χ1v) is 21.2. The molecule has 5 aromatic carbocycles. The third kappa shape index (κ3) is 13.8. The minimum Gasteiger partial charge on any atom is -1.00 e. The molecule has 324 valence electrons. The third-order valence-electron chi connectivity index (χ3n) is 10.6. The van der Waals surface area contributed by atoms with Crippen molar-refractivity contribution >= 4 is 24.8 Å². The van der Waals surface area contributed by atoms with Gasteiger partial charge in [-0.1, -0.05) is 134 Å². The van der Waals surface area contributed by atoms with Gasteiger partial charge in [0.1, 0.15) is 0 Å². The van der Waals surface area contributed by atoms with E-state index in [2.05, 4.69) is 132 Å². The second-order valence-corrected chi connectivity index (χ2v) is 19.8. The molecule has 0 amide bonds. The van der Waals surface area contributed by atoms with Crippen molar-refractivity contribution < 1.29 is 75.4 Å². The number of hydrogen-bond acceptors (Lipinski definition) is 0. The summed E-state index contributed by atoms with van der Waals surface area (Å²) in [6.45, 7) is 27.3. The van der Waals surface area contributed by atoms with Crippen LogP contribution < -0.4 is 24.8 Å². The van der Waals surface area contributed by atoms with Crippen LogP contribution >= 0.6 is 0 Å². The summed E-state index contributed by atoms with van der Waals surface area (Å²) < 4.78 is 75.6. The Kier molecular flexibility index (Phi) is 18.2. The molecule has 0 aromatic heterocycles. The summed E-state index contributed by atoms with van der Waals surface area (Å²) in [7, 11) is 0. The van der Waals surface area contributed by atoms with Gasteiger partial charge in [0.15, 0.2) is 0 Å². The molecule has 0 saturated carbocycles. The molecule has 1 aliphatic carbocycles. The Balaban J connectivity index is 0.000000317. The summed E-state index contributed by atoms with van der Waals surface area (Å²) >= 11 is 0.898. The summed E-state index contributed by atoms with van der Waals surface area (Å²) in [6.07, 6.45) is 3.06. The van der Waals surface area contributed by atoms with E-state index < -0.39 is 23.5 Å². The molecule has 9 heteroatoms. The van der Waals surface area contributed by atoms with Gasteiger partial charge in [0.25, 0.3) is 0 Å². The van der Waals surface area contributed by atoms with Crippen LogP contribution in [0.25, 0.3) is 21.5 Å². The van der Waals surface area contributed by atoms with E-state index in [1.165, 1.54) is 92.9 Å². The van der Waals surface area contributed by atoms with E-state index in [1.54, 1.807) is 0 Å². The quantitative estimate of drug-likeness (QED) is 0.122. The molecule has 60 heavy (non-hydrogen) atoms. The summed E-state index contributed by atoms with van der Waals surface area (Å²) in [5.74, 6) is 0.592. The van der Waals surface area contributed by atoms with E-state index in [0.717, 1.165) is 48.5 Å². The van der Waals surface area contributed by atoms with Crippen LogP contribution in [0.5, 0.6) is 0 Å². The van der Waals surface area contributed by atoms with Crippen LogP contribution in [0.2, 0.25) is 0 Å². The van der Waals surface area contributed by atoms with Gasteiger partial charge in [-0.2, -0.15) is 11.6 Å². The van der Waals surface area contributed by atoms with Crippen molar-refractivity contribution in [1.82, 2.24) is 0 Å². The number of rotatable bonds is 5. The predicted molar refractivity (Wildman–Crippen MR) is 228 cm³/mol. The van der Waals surface area contributed by atoms with Gasteiger partial charge < -0.3 is 24.8 Å². The predicted octanol–water partition coefficient (Wildman–Crippen LogP) is 9.91. The zero-order chi connectivity index (χ0) is 43.6. The zero-order valence-electron chi connectivity index (χ0n) is 36.9. The Hall–Kier alpha value is -2.86. The smallest absolute Gasteiger partial charge is 1.00 e. The van der Waals surface area contributed by atoms with E-state index in [1.807, 2.05) is 0 Å². The van der Waals surface area contributed by atoms with E-state index in [0.29, 0.717) is 25.7 Å². The van der Waals surface area contributed by atoms with Crippen LogP contribution in [0.3, 0.4) is 0 Å². The summed E-state index contributed by atoms with van der Waals surface area (Å²) in [4.78, 5) is 0. The molecule has 1 aliphatic rings. The van der Waals surface area contributed by atoms with Crippen molar-refractivity contribution in [3.05, 3.63) is 147 Å². The maximum Gasteiger partial charge on any atom is -1.00 e. The van der Waals surface area contributed by atoms with Crippen LogP contribution in [0, 0.1) is 31.3 Å². The van der Waals surface area contributed by atoms with Gasteiger partial charge in [0.2, 0.25) is 0 Å². The van der Waals surface area contributed by atoms with Crippen molar-refractivity contribution in [3.63, 3.8) is 0 Å². The van der Waals surface area contributed by atoms with Crippen LogP contribution in [-0.4, -0.2) is 3.21 Å². The number of unbranched alkanes of at least 4 members (excludes halogenated alkanes) is 1. The van der Waals surface area contributed by atoms with E-state index in [4.69, 9.17) is 0 Å². The number of fused-ring (bicyclic) bond motifs is 3. The topological polar surface area (TPSA) is 0 Å². The summed E-state index contributed by atoms with van der Waals surface area (Å²) in [6, 6.07) is 21.1. The average Bonchev–Trinajstić information content (AvgIpc) is 3.73. The van der Waals surface area contributed by atoms with Gasteiger partial charge in [-0.15, -0.1) is 39.7 Å². The second kappa shape index (κ2) is 20.6. The van der Waals surface area contributed by atoms with E-state index in [-0.39, 0.29) is 35.6 Å². The molecule has 0 fully saturated rings. The first kappa shape index (κ1) is 53.3. The SMILES string of the molecule is CCCCC1[C-]=CC(C(C)(C)C)=C1.Cc1cc2[cH-]c3cc(C)c(C(C)(C)C)cc3c2cc1C(C)(C)C.FC(F)(F)c1ccc([C](=[Zr+2])c2ccc(C(F)(F)F)cc2)cc1.[Cl-].[Cl-]. The third-order valence-corrected chi connectivity index (χ3v) is 12.0. The molecule has 1 unspecified atom stereocenters. The van der Waals surface area contributed by atoms with Gasteiger partial charge in [-0.05, 0) is 24.7 Å². The van der Waals surface area contributed by atoms with Crippen molar-refractivity contribution in [2.24, 2.45) is 11.3 Å². The Bertz CT molecular complexity index is 2130. The number of allylic oxidation sites excluding steroid dienone is 4. The number of benzene rings is 4. The fraction of sp³-hybridized carbons (Fsp3) is 0.412. The maximum atomic E-state index is 12.5. The van der Waals surface area contributed by atoms with Gasteiger partial charge >= 0.3 is 137 Å². The minimum absolute atomic E-state index is 0. The number of hydrogen-bond donors (Lipinski definition) is 0. The van der Waals surface area contributed by atoms with Gasteiger partial charge in [0, 0.05) is 0 Å². The van der Waals surface area contributed by atoms with Crippen LogP contribution in [0.15, 0.2) is 96.6 Å². The first-order chi connectivity index (χ1) is 26.6. The number of alkyl halides is 6. The standard InChI is InChI=1S/C23H29.C15H8F6.C13H21.2ClH.Zr/c1-14-9-16-11-17-10-15(2)21(23(6,7)8)13-19(17)18(16)12-20(14)22(3,4)5;16-14(17,18)12-5-1-10(2-6-12)9-11-3-7-13(8-4-11)15(19,20)21;1-5-6-7-11-8-9-12(10-11)13(2,3)4;;;/h9-13H,1-8H3;1-8H;9-11H,5-7H2,1-4H3;2*1H;/q-1;;-1;;;+2/p-2. The molecule has 0 nitrogen and oxygen atoms in total. The zero-order valence-corrected chi connectivity index (χ0v) is 40.9. The molecule has 5 aromatic rings. The minimum atomic E-state index is -4.41. The molecule has 6 rings (SSSR count). The Labute approximate surface area is 381 Å². The Morgan fingerprint density at radius 3 is 1.30 bits per heavy atom. The number of halogens is 8. The van der Waals surface area contributed by atoms with Crippen LogP contribution in [-0.2, 0) is 47.4 Å². The molecular formula is C51H58Cl2F6Zr-2. The molecule has 0 bridgehead atoms. The van der Waals surface area contributed by atoms with Gasteiger partial charge in [-0.3, -0.25) is 6.08 Å². The van der Waals surface area contributed by atoms with E-state index in [9.17, 15) is 26.3 Å². The molecule has 0 heterocycles. The normalized spacial score (nSPS) is 14.4. The Morgan fingerprint density at radius 2 is 1.00 bits per heavy atom. The van der Waals surface area contributed by atoms with Gasteiger partial charge in [0.05, 0.1) is 0 Å². The van der Waals surface area contributed by atoms with Crippen molar-refractivity contribution in [2.75, 3.05) is 0 Å². The molecular weight excluding hydrogens is 889 g/mol. The van der Waals surface area contributed by atoms with Crippen LogP contribution in [0.1, 0.15) is 133 Å². The fourth-order valence-corrected chi connectivity index (χ4v) is 8.15. The fourth-order valence-electron chi connectivity index (χ4n) is 7.33.